The van der Waals surface area contributed by atoms with Gasteiger partial charge in [-0.1, -0.05) is 84.5 Å². The monoisotopic (exact) mass is 624 g/mol. The zero-order valence-corrected chi connectivity index (χ0v) is 25.7. The van der Waals surface area contributed by atoms with E-state index in [1.165, 1.54) is 43.5 Å². The summed E-state index contributed by atoms with van der Waals surface area (Å²) in [7, 11) is 0. The lowest BCUT2D eigenvalue weighted by atomic mass is 10.1. The summed E-state index contributed by atoms with van der Waals surface area (Å²) in [5.41, 5.74) is -0.617. The molecule has 0 amide bonds. The summed E-state index contributed by atoms with van der Waals surface area (Å²) >= 11 is 0. The van der Waals surface area contributed by atoms with E-state index in [2.05, 4.69) is 11.7 Å². The molecule has 2 rings (SSSR count). The third-order valence-electron chi connectivity index (χ3n) is 7.11. The van der Waals surface area contributed by atoms with Crippen molar-refractivity contribution in [2.45, 2.75) is 122 Å². The van der Waals surface area contributed by atoms with Crippen molar-refractivity contribution in [3.8, 4) is 11.5 Å². The molecule has 2 aromatic rings. The molecule has 0 radical (unpaired) electrons. The second-order valence-corrected chi connectivity index (χ2v) is 10.9. The molecule has 0 bridgehead atoms. The average molecular weight is 625 g/mol. The number of unbranched alkanes of at least 4 members (excludes halogenated alkanes) is 11. The zero-order chi connectivity index (χ0) is 32.4. The van der Waals surface area contributed by atoms with Crippen LogP contribution in [-0.4, -0.2) is 30.2 Å². The molecule has 0 fully saturated rings. The Kier molecular flexibility index (Phi) is 16.5. The number of esters is 3. The first kappa shape index (κ1) is 36.8. The number of rotatable bonds is 20. The number of carbonyl (C=O) groups is 3. The molecule has 0 aliphatic carbocycles. The lowest BCUT2D eigenvalue weighted by Gasteiger charge is -2.21. The Hall–Kier alpha value is -3.43. The number of carbonyl (C=O) groups excluding carboxylic acids is 3. The van der Waals surface area contributed by atoms with E-state index in [-0.39, 0.29) is 29.5 Å². The summed E-state index contributed by atoms with van der Waals surface area (Å²) in [6.45, 7) is 4.19. The first-order chi connectivity index (χ1) is 21.0. The van der Waals surface area contributed by atoms with Crippen molar-refractivity contribution in [2.24, 2.45) is 0 Å². The van der Waals surface area contributed by atoms with Gasteiger partial charge in [0.25, 0.3) is 0 Å². The fraction of sp³-hybridized carbons (Fsp3) is 0.559. The van der Waals surface area contributed by atoms with Gasteiger partial charge in [-0.3, -0.25) is 4.79 Å². The Morgan fingerprint density at radius 3 is 1.80 bits per heavy atom. The van der Waals surface area contributed by atoms with Crippen molar-refractivity contribution in [1.82, 2.24) is 0 Å². The van der Waals surface area contributed by atoms with Crippen LogP contribution in [0, 0.1) is 5.82 Å². The number of hydrogen-bond donors (Lipinski definition) is 0. The summed E-state index contributed by atoms with van der Waals surface area (Å²) in [6.07, 6.45) is 4.83. The minimum Gasteiger partial charge on any atom is -0.449 e. The standard InChI is InChI=1S/C34H44F4O6/c1-3-5-7-9-11-13-15-17-31(39)42-26-20-18-25(19-21-26)32(40)43-27-22-23-28(29(35)24-27)33(41)44-30(34(36,37)38)16-14-12-10-8-6-4-2/h18-24,30H,3-17H2,1-2H3. The van der Waals surface area contributed by atoms with E-state index in [0.29, 0.717) is 12.8 Å². The van der Waals surface area contributed by atoms with E-state index in [9.17, 15) is 31.9 Å². The smallest absolute Gasteiger partial charge is 0.425 e. The van der Waals surface area contributed by atoms with Gasteiger partial charge in [0.05, 0.1) is 11.1 Å². The van der Waals surface area contributed by atoms with Crippen molar-refractivity contribution in [3.63, 3.8) is 0 Å². The first-order valence-corrected chi connectivity index (χ1v) is 15.6. The highest BCUT2D eigenvalue weighted by Gasteiger charge is 2.42. The van der Waals surface area contributed by atoms with Crippen molar-refractivity contribution in [1.29, 1.82) is 0 Å². The van der Waals surface area contributed by atoms with Crippen LogP contribution in [0.4, 0.5) is 17.6 Å². The van der Waals surface area contributed by atoms with Crippen LogP contribution in [0.15, 0.2) is 42.5 Å². The minimum atomic E-state index is -4.79. The van der Waals surface area contributed by atoms with Gasteiger partial charge in [0.15, 0.2) is 6.10 Å². The number of halogens is 4. The van der Waals surface area contributed by atoms with Gasteiger partial charge in [-0.15, -0.1) is 0 Å². The third kappa shape index (κ3) is 13.9. The number of alkyl halides is 3. The first-order valence-electron chi connectivity index (χ1n) is 15.6. The molecule has 0 saturated carbocycles. The van der Waals surface area contributed by atoms with Gasteiger partial charge < -0.3 is 14.2 Å². The Labute approximate surface area is 257 Å². The van der Waals surface area contributed by atoms with Crippen LogP contribution in [0.2, 0.25) is 0 Å². The molecule has 244 valence electrons. The highest BCUT2D eigenvalue weighted by molar-refractivity contribution is 5.92. The lowest BCUT2D eigenvalue weighted by Crippen LogP contribution is -2.34. The molecule has 1 unspecified atom stereocenters. The van der Waals surface area contributed by atoms with Crippen LogP contribution in [0.25, 0.3) is 0 Å². The van der Waals surface area contributed by atoms with Crippen LogP contribution >= 0.6 is 0 Å². The van der Waals surface area contributed by atoms with E-state index in [1.54, 1.807) is 0 Å². The molecule has 0 heterocycles. The van der Waals surface area contributed by atoms with Gasteiger partial charge >= 0.3 is 24.1 Å². The number of hydrogen-bond acceptors (Lipinski definition) is 6. The summed E-state index contributed by atoms with van der Waals surface area (Å²) < 4.78 is 70.0. The van der Waals surface area contributed by atoms with Crippen LogP contribution < -0.4 is 9.47 Å². The Morgan fingerprint density at radius 2 is 1.23 bits per heavy atom. The van der Waals surface area contributed by atoms with Crippen molar-refractivity contribution in [3.05, 3.63) is 59.4 Å². The predicted octanol–water partition coefficient (Wildman–Crippen LogP) is 9.93. The lowest BCUT2D eigenvalue weighted by molar-refractivity contribution is -0.206. The Bertz CT molecular complexity index is 1160. The summed E-state index contributed by atoms with van der Waals surface area (Å²) in [5, 5.41) is 0. The zero-order valence-electron chi connectivity index (χ0n) is 25.7. The summed E-state index contributed by atoms with van der Waals surface area (Å²) in [5.74, 6) is -3.86. The Balaban J connectivity index is 1.86. The van der Waals surface area contributed by atoms with E-state index in [0.717, 1.165) is 69.6 Å². The predicted molar refractivity (Wildman–Crippen MR) is 159 cm³/mol. The third-order valence-corrected chi connectivity index (χ3v) is 7.11. The normalized spacial score (nSPS) is 12.0. The molecule has 1 atom stereocenters. The molecule has 10 heteroatoms. The molecule has 0 aliphatic heterocycles. The molecule has 0 aromatic heterocycles. The van der Waals surface area contributed by atoms with Crippen molar-refractivity contribution >= 4 is 17.9 Å². The van der Waals surface area contributed by atoms with E-state index in [1.807, 2.05) is 6.92 Å². The highest BCUT2D eigenvalue weighted by atomic mass is 19.4. The molecular formula is C34H44F4O6. The maximum absolute atomic E-state index is 14.7. The second-order valence-electron chi connectivity index (χ2n) is 10.9. The van der Waals surface area contributed by atoms with Crippen LogP contribution in [0.1, 0.15) is 131 Å². The van der Waals surface area contributed by atoms with Gasteiger partial charge in [0, 0.05) is 12.5 Å². The fourth-order valence-electron chi connectivity index (χ4n) is 4.55. The summed E-state index contributed by atoms with van der Waals surface area (Å²) in [6, 6.07) is 8.34. The summed E-state index contributed by atoms with van der Waals surface area (Å²) in [4.78, 5) is 37.0. The van der Waals surface area contributed by atoms with Gasteiger partial charge in [0.2, 0.25) is 0 Å². The molecule has 0 aliphatic rings. The maximum Gasteiger partial charge on any atom is 0.425 e. The molecule has 0 N–H and O–H groups in total. The molecular weight excluding hydrogens is 580 g/mol. The minimum absolute atomic E-state index is 0.0866. The quantitative estimate of drug-likeness (QED) is 0.0631. The van der Waals surface area contributed by atoms with Crippen molar-refractivity contribution in [2.75, 3.05) is 0 Å². The Morgan fingerprint density at radius 1 is 0.682 bits per heavy atom. The molecule has 0 spiro atoms. The SMILES string of the molecule is CCCCCCCCCC(=O)Oc1ccc(C(=O)Oc2ccc(C(=O)OC(CCCCCCCC)C(F)(F)F)c(F)c2)cc1. The van der Waals surface area contributed by atoms with E-state index < -0.39 is 42.0 Å². The van der Waals surface area contributed by atoms with E-state index in [4.69, 9.17) is 9.47 Å². The topological polar surface area (TPSA) is 78.9 Å². The van der Waals surface area contributed by atoms with Gasteiger partial charge in [-0.05, 0) is 55.7 Å². The van der Waals surface area contributed by atoms with Crippen LogP contribution in [0.3, 0.4) is 0 Å². The van der Waals surface area contributed by atoms with Crippen LogP contribution in [0.5, 0.6) is 11.5 Å². The maximum atomic E-state index is 14.7. The van der Waals surface area contributed by atoms with Crippen LogP contribution in [-0.2, 0) is 9.53 Å². The average Bonchev–Trinajstić information content (AvgIpc) is 2.97. The van der Waals surface area contributed by atoms with Crippen molar-refractivity contribution < 1.29 is 46.2 Å². The van der Waals surface area contributed by atoms with Gasteiger partial charge in [-0.2, -0.15) is 13.2 Å². The number of benzene rings is 2. The highest BCUT2D eigenvalue weighted by Crippen LogP contribution is 2.29. The van der Waals surface area contributed by atoms with Gasteiger partial charge in [0.1, 0.15) is 17.3 Å². The molecule has 44 heavy (non-hydrogen) atoms. The molecule has 6 nitrogen and oxygen atoms in total. The fourth-order valence-corrected chi connectivity index (χ4v) is 4.55. The van der Waals surface area contributed by atoms with Gasteiger partial charge in [-0.25, -0.2) is 14.0 Å². The molecule has 2 aromatic carbocycles. The second kappa shape index (κ2) is 19.8. The molecule has 0 saturated heterocycles. The van der Waals surface area contributed by atoms with E-state index >= 15 is 0 Å². The largest absolute Gasteiger partial charge is 0.449 e. The number of ether oxygens (including phenoxy) is 3.